The van der Waals surface area contributed by atoms with Crippen molar-refractivity contribution in [3.05, 3.63) is 117 Å². The number of nitrogens with one attached hydrogen (secondary N) is 1. The topological polar surface area (TPSA) is 89.9 Å². The van der Waals surface area contributed by atoms with Crippen molar-refractivity contribution >= 4 is 35.4 Å². The van der Waals surface area contributed by atoms with Gasteiger partial charge < -0.3 is 24.6 Å². The van der Waals surface area contributed by atoms with Crippen LogP contribution in [-0.2, 0) is 11.2 Å². The van der Waals surface area contributed by atoms with Gasteiger partial charge in [-0.05, 0) is 78.9 Å². The van der Waals surface area contributed by atoms with Crippen LogP contribution < -0.4 is 14.8 Å². The molecule has 1 atom stereocenters. The van der Waals surface area contributed by atoms with Crippen LogP contribution in [0.4, 0.5) is 4.79 Å². The number of nitrogens with zero attached hydrogens (tertiary/aromatic N) is 1. The van der Waals surface area contributed by atoms with Crippen LogP contribution in [0.5, 0.6) is 11.5 Å². The third-order valence-electron chi connectivity index (χ3n) is 7.03. The highest BCUT2D eigenvalue weighted by atomic mass is 35.5. The zero-order valence-corrected chi connectivity index (χ0v) is 26.5. The summed E-state index contributed by atoms with van der Waals surface area (Å²) in [6, 6.07) is 21.5. The molecule has 0 aliphatic rings. The molecule has 2 N–H and O–H groups in total. The lowest BCUT2D eigenvalue weighted by molar-refractivity contribution is 0.193. The summed E-state index contributed by atoms with van der Waals surface area (Å²) in [5.74, 6) is 1.07. The molecule has 0 saturated heterocycles. The van der Waals surface area contributed by atoms with Gasteiger partial charge >= 0.3 is 6.09 Å². The van der Waals surface area contributed by atoms with Crippen molar-refractivity contribution in [3.63, 3.8) is 0 Å². The van der Waals surface area contributed by atoms with Gasteiger partial charge in [0, 0.05) is 36.9 Å². The zero-order chi connectivity index (χ0) is 31.5. The molecule has 230 valence electrons. The summed E-state index contributed by atoms with van der Waals surface area (Å²) in [5.41, 5.74) is 7.01. The van der Waals surface area contributed by atoms with E-state index in [0.29, 0.717) is 41.2 Å². The number of hydrogen-bond donors (Lipinski definition) is 2. The molecule has 0 fully saturated rings. The molecule has 1 unspecified atom stereocenters. The van der Waals surface area contributed by atoms with E-state index in [0.717, 1.165) is 39.1 Å². The highest BCUT2D eigenvalue weighted by Crippen LogP contribution is 2.34. The Balaban J connectivity index is 1.43. The normalized spacial score (nSPS) is 11.8. The molecule has 0 radical (unpaired) electrons. The van der Waals surface area contributed by atoms with Crippen molar-refractivity contribution in [2.45, 2.75) is 26.2 Å². The van der Waals surface area contributed by atoms with Gasteiger partial charge in [-0.3, -0.25) is 4.98 Å². The maximum absolute atomic E-state index is 11.4. The minimum atomic E-state index is -1.05. The van der Waals surface area contributed by atoms with Gasteiger partial charge in [0.15, 0.2) is 5.75 Å². The molecular weight excluding hydrogens is 599 g/mol. The fraction of sp³-hybridized carbons (Fsp3) is 0.257. The Morgan fingerprint density at radius 2 is 1.73 bits per heavy atom. The van der Waals surface area contributed by atoms with Crippen LogP contribution in [-0.4, -0.2) is 49.7 Å². The molecule has 1 amide bonds. The van der Waals surface area contributed by atoms with E-state index in [1.165, 1.54) is 0 Å². The molecule has 44 heavy (non-hydrogen) atoms. The number of halogens is 2. The SMILES string of the molecule is COC/C=C/c1cccnc1-c1ccc(C(CNC(=O)O)Cc2ccc(OCCOc3c(Cl)cc(C)cc3Cl)cc2)c(C)c1. The fourth-order valence-corrected chi connectivity index (χ4v) is 5.69. The first-order valence-electron chi connectivity index (χ1n) is 14.2. The number of pyridine rings is 1. The Morgan fingerprint density at radius 1 is 1.00 bits per heavy atom. The molecule has 9 heteroatoms. The van der Waals surface area contributed by atoms with E-state index in [1.54, 1.807) is 25.4 Å². The number of carboxylic acid groups (broad SMARTS) is 1. The number of ether oxygens (including phenoxy) is 3. The largest absolute Gasteiger partial charge is 0.490 e. The highest BCUT2D eigenvalue weighted by molar-refractivity contribution is 6.37. The molecule has 4 aromatic rings. The van der Waals surface area contributed by atoms with Crippen molar-refractivity contribution in [2.24, 2.45) is 0 Å². The average Bonchev–Trinajstić information content (AvgIpc) is 2.99. The van der Waals surface area contributed by atoms with Crippen molar-refractivity contribution in [3.8, 4) is 22.8 Å². The lowest BCUT2D eigenvalue weighted by Gasteiger charge is -2.21. The molecule has 0 bridgehead atoms. The van der Waals surface area contributed by atoms with Crippen LogP contribution >= 0.6 is 23.2 Å². The van der Waals surface area contributed by atoms with Crippen molar-refractivity contribution in [1.29, 1.82) is 0 Å². The minimum Gasteiger partial charge on any atom is -0.490 e. The van der Waals surface area contributed by atoms with Gasteiger partial charge in [-0.2, -0.15) is 0 Å². The number of hydrogen-bond acceptors (Lipinski definition) is 5. The Bertz CT molecular complexity index is 1570. The Labute approximate surface area is 268 Å². The standard InChI is InChI=1S/C35H36Cl2N2O5/c1-23-18-31(36)34(32(37)19-23)44-17-16-43-29-11-8-25(9-12-29)21-28(22-39-35(40)41)30-13-10-27(20-24(30)2)33-26(6-4-14-38-33)7-5-15-42-3/h4-14,18-20,28,39H,15-17,21-22H2,1-3H3,(H,40,41)/b7-5+. The summed E-state index contributed by atoms with van der Waals surface area (Å²) in [7, 11) is 1.66. The second-order valence-electron chi connectivity index (χ2n) is 10.4. The predicted molar refractivity (Wildman–Crippen MR) is 176 cm³/mol. The van der Waals surface area contributed by atoms with Gasteiger partial charge in [0.25, 0.3) is 0 Å². The number of aryl methyl sites for hydroxylation is 2. The monoisotopic (exact) mass is 634 g/mol. The van der Waals surface area contributed by atoms with Crippen molar-refractivity contribution < 1.29 is 24.1 Å². The van der Waals surface area contributed by atoms with Crippen molar-refractivity contribution in [2.75, 3.05) is 33.5 Å². The number of methoxy groups -OCH3 is 1. The molecule has 7 nitrogen and oxygen atoms in total. The van der Waals surface area contributed by atoms with Gasteiger partial charge in [-0.1, -0.05) is 65.7 Å². The Hall–Kier alpha value is -4.04. The van der Waals surface area contributed by atoms with Gasteiger partial charge in [-0.25, -0.2) is 4.79 Å². The van der Waals surface area contributed by atoms with Gasteiger partial charge in [0.1, 0.15) is 19.0 Å². The molecule has 0 aliphatic carbocycles. The predicted octanol–water partition coefficient (Wildman–Crippen LogP) is 8.38. The first-order valence-corrected chi connectivity index (χ1v) is 15.0. The summed E-state index contributed by atoms with van der Waals surface area (Å²) >= 11 is 12.5. The summed E-state index contributed by atoms with van der Waals surface area (Å²) in [5, 5.41) is 12.8. The molecule has 0 spiro atoms. The van der Waals surface area contributed by atoms with Crippen LogP contribution in [0.25, 0.3) is 17.3 Å². The third kappa shape index (κ3) is 9.23. The maximum atomic E-state index is 11.4. The minimum absolute atomic E-state index is 0.0749. The molecule has 1 heterocycles. The molecule has 4 rings (SSSR count). The van der Waals surface area contributed by atoms with E-state index in [9.17, 15) is 9.90 Å². The summed E-state index contributed by atoms with van der Waals surface area (Å²) in [6.07, 6.45) is 5.33. The van der Waals surface area contributed by atoms with E-state index in [1.807, 2.05) is 68.5 Å². The molecule has 3 aromatic carbocycles. The highest BCUT2D eigenvalue weighted by Gasteiger charge is 2.18. The van der Waals surface area contributed by atoms with Crippen LogP contribution in [0.1, 0.15) is 33.7 Å². The average molecular weight is 636 g/mol. The Morgan fingerprint density at radius 3 is 2.41 bits per heavy atom. The van der Waals surface area contributed by atoms with E-state index < -0.39 is 6.09 Å². The van der Waals surface area contributed by atoms with Crippen LogP contribution in [0.15, 0.2) is 79.0 Å². The molecular formula is C35H36Cl2N2O5. The molecule has 0 aliphatic heterocycles. The summed E-state index contributed by atoms with van der Waals surface area (Å²) in [4.78, 5) is 16.0. The van der Waals surface area contributed by atoms with Crippen LogP contribution in [0.3, 0.4) is 0 Å². The van der Waals surface area contributed by atoms with Crippen LogP contribution in [0.2, 0.25) is 10.0 Å². The second kappa shape index (κ2) is 16.1. The van der Waals surface area contributed by atoms with Gasteiger partial charge in [0.05, 0.1) is 22.3 Å². The number of amides is 1. The first kappa shape index (κ1) is 32.9. The second-order valence-corrected chi connectivity index (χ2v) is 11.2. The van der Waals surface area contributed by atoms with E-state index in [-0.39, 0.29) is 19.1 Å². The van der Waals surface area contributed by atoms with Crippen molar-refractivity contribution in [1.82, 2.24) is 10.3 Å². The number of carbonyl (C=O) groups is 1. The maximum Gasteiger partial charge on any atom is 0.404 e. The smallest absolute Gasteiger partial charge is 0.404 e. The fourth-order valence-electron chi connectivity index (χ4n) is 4.98. The summed E-state index contributed by atoms with van der Waals surface area (Å²) < 4.78 is 16.7. The third-order valence-corrected chi connectivity index (χ3v) is 7.59. The number of benzene rings is 3. The lowest BCUT2D eigenvalue weighted by Crippen LogP contribution is -2.28. The number of rotatable bonds is 14. The lowest BCUT2D eigenvalue weighted by atomic mass is 9.87. The zero-order valence-electron chi connectivity index (χ0n) is 25.0. The Kier molecular flexibility index (Phi) is 12.1. The quantitative estimate of drug-likeness (QED) is 0.135. The van der Waals surface area contributed by atoms with Gasteiger partial charge in [-0.15, -0.1) is 0 Å². The number of aromatic nitrogens is 1. The summed E-state index contributed by atoms with van der Waals surface area (Å²) in [6.45, 7) is 5.36. The molecule has 1 aromatic heterocycles. The molecule has 0 saturated carbocycles. The van der Waals surface area contributed by atoms with E-state index in [2.05, 4.69) is 22.4 Å². The van der Waals surface area contributed by atoms with E-state index in [4.69, 9.17) is 37.4 Å². The van der Waals surface area contributed by atoms with Crippen LogP contribution in [0, 0.1) is 13.8 Å². The first-order chi connectivity index (χ1) is 21.2. The van der Waals surface area contributed by atoms with Gasteiger partial charge in [0.2, 0.25) is 0 Å². The van der Waals surface area contributed by atoms with E-state index >= 15 is 0 Å².